The summed E-state index contributed by atoms with van der Waals surface area (Å²) >= 11 is 0. The van der Waals surface area contributed by atoms with Gasteiger partial charge >= 0.3 is 5.97 Å². The first kappa shape index (κ1) is 31.9. The summed E-state index contributed by atoms with van der Waals surface area (Å²) < 4.78 is 20.5. The molecule has 0 spiro atoms. The van der Waals surface area contributed by atoms with Crippen LogP contribution in [-0.4, -0.2) is 40.4 Å². The number of hydrazone groups is 1. The molecule has 2 amide bonds. The molecule has 0 saturated heterocycles. The number of hydrogen-bond acceptors (Lipinski definition) is 5. The third-order valence-corrected chi connectivity index (χ3v) is 8.75. The lowest BCUT2D eigenvalue weighted by Crippen LogP contribution is -2.36. The van der Waals surface area contributed by atoms with E-state index in [4.69, 9.17) is 4.74 Å². The minimum absolute atomic E-state index is 0.0491. The molecule has 1 unspecified atom stereocenters. The van der Waals surface area contributed by atoms with Gasteiger partial charge in [-0.15, -0.1) is 5.10 Å². The summed E-state index contributed by atoms with van der Waals surface area (Å²) in [6.07, 6.45) is 4.07. The number of aliphatic carboxylic acids is 1. The second kappa shape index (κ2) is 13.6. The number of amides is 2. The lowest BCUT2D eigenvalue weighted by molar-refractivity contribution is -0.145. The molecule has 45 heavy (non-hydrogen) atoms. The summed E-state index contributed by atoms with van der Waals surface area (Å²) in [4.78, 5) is 38.3. The Labute approximate surface area is 263 Å². The SMILES string of the molecule is CC(C)(C)C(Cc1ccc(F)c(NC(=O)[C@H](c2ccc(CN3N=C(c4ccccc4)OCC3=O)cc2)C2CCCC2)c1)C(=O)O. The first-order valence-corrected chi connectivity index (χ1v) is 15.5. The fraction of sp³-hybridized carbons (Fsp3) is 0.389. The highest BCUT2D eigenvalue weighted by Crippen LogP contribution is 2.39. The van der Waals surface area contributed by atoms with Crippen LogP contribution in [0.5, 0.6) is 0 Å². The first-order chi connectivity index (χ1) is 21.5. The van der Waals surface area contributed by atoms with E-state index in [0.717, 1.165) is 42.4 Å². The Bertz CT molecular complexity index is 1560. The maximum atomic E-state index is 15.0. The van der Waals surface area contributed by atoms with Crippen LogP contribution in [0.1, 0.15) is 74.6 Å². The topological polar surface area (TPSA) is 108 Å². The molecular weight excluding hydrogens is 573 g/mol. The fourth-order valence-corrected chi connectivity index (χ4v) is 6.18. The first-order valence-electron chi connectivity index (χ1n) is 15.5. The largest absolute Gasteiger partial charge is 0.481 e. The molecule has 236 valence electrons. The van der Waals surface area contributed by atoms with Crippen molar-refractivity contribution in [1.82, 2.24) is 5.01 Å². The smallest absolute Gasteiger partial charge is 0.307 e. The van der Waals surface area contributed by atoms with Crippen molar-refractivity contribution >= 4 is 29.4 Å². The number of hydrogen-bond donors (Lipinski definition) is 2. The number of carboxylic acid groups (broad SMARTS) is 1. The van der Waals surface area contributed by atoms with Crippen LogP contribution < -0.4 is 5.32 Å². The van der Waals surface area contributed by atoms with Crippen LogP contribution in [0.25, 0.3) is 0 Å². The van der Waals surface area contributed by atoms with Crippen LogP contribution in [0, 0.1) is 23.1 Å². The van der Waals surface area contributed by atoms with E-state index in [1.807, 2.05) is 75.4 Å². The van der Waals surface area contributed by atoms with Gasteiger partial charge in [0.05, 0.1) is 24.1 Å². The monoisotopic (exact) mass is 613 g/mol. The van der Waals surface area contributed by atoms with E-state index in [9.17, 15) is 23.9 Å². The summed E-state index contributed by atoms with van der Waals surface area (Å²) in [5.74, 6) is -2.68. The summed E-state index contributed by atoms with van der Waals surface area (Å²) in [7, 11) is 0. The number of carbonyl (C=O) groups excluding carboxylic acids is 2. The Kier molecular flexibility index (Phi) is 9.65. The van der Waals surface area contributed by atoms with Gasteiger partial charge in [0.25, 0.3) is 5.91 Å². The Hall–Kier alpha value is -4.53. The zero-order valence-corrected chi connectivity index (χ0v) is 26.0. The van der Waals surface area contributed by atoms with Crippen LogP contribution >= 0.6 is 0 Å². The van der Waals surface area contributed by atoms with E-state index in [-0.39, 0.29) is 43.0 Å². The predicted molar refractivity (Wildman–Crippen MR) is 170 cm³/mol. The molecule has 3 aromatic carbocycles. The lowest BCUT2D eigenvalue weighted by Gasteiger charge is -2.27. The van der Waals surface area contributed by atoms with Crippen LogP contribution in [0.3, 0.4) is 0 Å². The van der Waals surface area contributed by atoms with Gasteiger partial charge in [-0.3, -0.25) is 14.4 Å². The van der Waals surface area contributed by atoms with Crippen LogP contribution in [-0.2, 0) is 32.1 Å². The number of benzene rings is 3. The van der Waals surface area contributed by atoms with E-state index >= 15 is 0 Å². The average molecular weight is 614 g/mol. The van der Waals surface area contributed by atoms with Gasteiger partial charge in [-0.2, -0.15) is 0 Å². The van der Waals surface area contributed by atoms with Gasteiger partial charge in [0.15, 0.2) is 6.61 Å². The molecular formula is C36H40FN3O5. The number of nitrogens with zero attached hydrogens (tertiary/aromatic N) is 2. The Morgan fingerprint density at radius 2 is 1.69 bits per heavy atom. The van der Waals surface area contributed by atoms with Gasteiger partial charge in [0, 0.05) is 5.56 Å². The lowest BCUT2D eigenvalue weighted by atomic mass is 9.77. The molecule has 1 aliphatic carbocycles. The third-order valence-electron chi connectivity index (χ3n) is 8.75. The van der Waals surface area contributed by atoms with Crippen molar-refractivity contribution in [2.24, 2.45) is 22.4 Å². The van der Waals surface area contributed by atoms with Crippen molar-refractivity contribution < 1.29 is 28.6 Å². The number of rotatable bonds is 10. The van der Waals surface area contributed by atoms with Gasteiger partial charge in [0.1, 0.15) is 5.82 Å². The molecule has 2 atom stereocenters. The van der Waals surface area contributed by atoms with Crippen molar-refractivity contribution in [3.05, 3.63) is 101 Å². The third kappa shape index (κ3) is 7.77. The molecule has 9 heteroatoms. The van der Waals surface area contributed by atoms with Crippen molar-refractivity contribution in [3.63, 3.8) is 0 Å². The van der Waals surface area contributed by atoms with Crippen LogP contribution in [0.15, 0.2) is 77.9 Å². The predicted octanol–water partition coefficient (Wildman–Crippen LogP) is 6.75. The Morgan fingerprint density at radius 3 is 2.33 bits per heavy atom. The van der Waals surface area contributed by atoms with Gasteiger partial charge in [-0.25, -0.2) is 9.40 Å². The molecule has 3 aromatic rings. The maximum Gasteiger partial charge on any atom is 0.307 e. The fourth-order valence-electron chi connectivity index (χ4n) is 6.18. The zero-order chi connectivity index (χ0) is 32.1. The Morgan fingerprint density at radius 1 is 1.02 bits per heavy atom. The minimum Gasteiger partial charge on any atom is -0.481 e. The number of ether oxygens (including phenoxy) is 1. The van der Waals surface area contributed by atoms with E-state index in [1.54, 1.807) is 12.1 Å². The second-order valence-electron chi connectivity index (χ2n) is 13.0. The number of carboxylic acids is 1. The zero-order valence-electron chi connectivity index (χ0n) is 26.0. The summed E-state index contributed by atoms with van der Waals surface area (Å²) in [5.41, 5.74) is 2.66. The standard InChI is InChI=1S/C36H40FN3O5/c1-36(2,3)28(35(43)44)19-24-15-18-29(37)30(20-24)38-33(42)32(25-9-7-8-10-25)26-16-13-23(14-17-26)21-40-31(41)22-45-34(39-40)27-11-5-4-6-12-27/h4-6,11-18,20,25,28,32H,7-10,19,21-22H2,1-3H3,(H,38,42)(H,43,44)/t28?,32-/m0/s1. The average Bonchev–Trinajstić information content (AvgIpc) is 3.53. The van der Waals surface area contributed by atoms with Crippen LogP contribution in [0.4, 0.5) is 10.1 Å². The van der Waals surface area contributed by atoms with Crippen molar-refractivity contribution in [1.29, 1.82) is 0 Å². The Balaban J connectivity index is 1.34. The second-order valence-corrected chi connectivity index (χ2v) is 13.0. The highest BCUT2D eigenvalue weighted by molar-refractivity contribution is 5.98. The summed E-state index contributed by atoms with van der Waals surface area (Å²) in [6, 6.07) is 21.4. The van der Waals surface area contributed by atoms with Gasteiger partial charge in [-0.05, 0) is 71.6 Å². The molecule has 1 saturated carbocycles. The highest BCUT2D eigenvalue weighted by Gasteiger charge is 2.34. The maximum absolute atomic E-state index is 15.0. The molecule has 2 aliphatic rings. The van der Waals surface area contributed by atoms with E-state index in [2.05, 4.69) is 10.4 Å². The number of anilines is 1. The highest BCUT2D eigenvalue weighted by atomic mass is 19.1. The molecule has 0 aromatic heterocycles. The quantitative estimate of drug-likeness (QED) is 0.263. The van der Waals surface area contributed by atoms with Gasteiger partial charge in [0.2, 0.25) is 11.8 Å². The minimum atomic E-state index is -0.913. The molecule has 0 bridgehead atoms. The van der Waals surface area contributed by atoms with Crippen LogP contribution in [0.2, 0.25) is 0 Å². The van der Waals surface area contributed by atoms with Gasteiger partial charge in [-0.1, -0.05) is 82.1 Å². The van der Waals surface area contributed by atoms with Crippen molar-refractivity contribution in [2.45, 2.75) is 65.3 Å². The summed E-state index contributed by atoms with van der Waals surface area (Å²) in [5, 5.41) is 18.4. The van der Waals surface area contributed by atoms with Crippen molar-refractivity contribution in [2.75, 3.05) is 11.9 Å². The molecule has 1 aliphatic heterocycles. The molecule has 0 radical (unpaired) electrons. The van der Waals surface area contributed by atoms with Crippen molar-refractivity contribution in [3.8, 4) is 0 Å². The molecule has 8 nitrogen and oxygen atoms in total. The normalized spacial score (nSPS) is 16.9. The van der Waals surface area contributed by atoms with Gasteiger partial charge < -0.3 is 15.2 Å². The summed E-state index contributed by atoms with van der Waals surface area (Å²) in [6.45, 7) is 5.75. The van der Waals surface area contributed by atoms with E-state index in [1.165, 1.54) is 11.1 Å². The molecule has 2 N–H and O–H groups in total. The molecule has 1 fully saturated rings. The number of carbonyl (C=O) groups is 3. The number of halogens is 1. The number of nitrogens with one attached hydrogen (secondary N) is 1. The molecule has 5 rings (SSSR count). The molecule has 1 heterocycles. The van der Waals surface area contributed by atoms with E-state index < -0.39 is 29.0 Å². The van der Waals surface area contributed by atoms with E-state index in [0.29, 0.717) is 11.5 Å².